The first-order valence-corrected chi connectivity index (χ1v) is 11.6. The van der Waals surface area contributed by atoms with E-state index in [9.17, 15) is 9.59 Å². The number of benzene rings is 4. The van der Waals surface area contributed by atoms with Gasteiger partial charge in [0.2, 0.25) is 5.91 Å². The standard InChI is InChI=1S/C30H26N2O2/c33-29(20-22-13-15-24(16-14-22)23-8-3-1-4-9-23)31-27-18-17-25-12-7-19-32(28(25)21-27)30(34)26-10-5-2-6-11-26/h1-6,8-11,13-18,21H,7,12,19-20H2,(H,31,33). The number of carbonyl (C=O) groups is 2. The lowest BCUT2D eigenvalue weighted by atomic mass is 10.00. The van der Waals surface area contributed by atoms with Gasteiger partial charge in [-0.15, -0.1) is 0 Å². The molecular formula is C30H26N2O2. The van der Waals surface area contributed by atoms with Crippen molar-refractivity contribution in [2.24, 2.45) is 0 Å². The van der Waals surface area contributed by atoms with E-state index in [4.69, 9.17) is 0 Å². The van der Waals surface area contributed by atoms with E-state index in [-0.39, 0.29) is 11.8 Å². The number of rotatable bonds is 5. The van der Waals surface area contributed by atoms with Gasteiger partial charge in [0.15, 0.2) is 0 Å². The lowest BCUT2D eigenvalue weighted by molar-refractivity contribution is -0.115. The molecule has 1 N–H and O–H groups in total. The van der Waals surface area contributed by atoms with Gasteiger partial charge in [0, 0.05) is 23.5 Å². The van der Waals surface area contributed by atoms with Crippen molar-refractivity contribution in [3.8, 4) is 11.1 Å². The summed E-state index contributed by atoms with van der Waals surface area (Å²) in [7, 11) is 0. The van der Waals surface area contributed by atoms with E-state index < -0.39 is 0 Å². The van der Waals surface area contributed by atoms with Crippen LogP contribution in [0.4, 0.5) is 11.4 Å². The third-order valence-electron chi connectivity index (χ3n) is 6.18. The molecule has 168 valence electrons. The fraction of sp³-hybridized carbons (Fsp3) is 0.133. The Hall–Kier alpha value is -4.18. The van der Waals surface area contributed by atoms with Gasteiger partial charge in [-0.3, -0.25) is 9.59 Å². The van der Waals surface area contributed by atoms with E-state index in [1.54, 1.807) is 0 Å². The Morgan fingerprint density at radius 2 is 1.44 bits per heavy atom. The van der Waals surface area contributed by atoms with Crippen LogP contribution in [0.15, 0.2) is 103 Å². The number of hydrogen-bond donors (Lipinski definition) is 1. The minimum absolute atomic E-state index is 0.0106. The van der Waals surface area contributed by atoms with Crippen LogP contribution in [0, 0.1) is 0 Å². The Kier molecular flexibility index (Phi) is 6.21. The third kappa shape index (κ3) is 4.76. The highest BCUT2D eigenvalue weighted by atomic mass is 16.2. The molecular weight excluding hydrogens is 420 g/mol. The normalized spacial score (nSPS) is 12.6. The average Bonchev–Trinajstić information content (AvgIpc) is 2.89. The molecule has 0 aliphatic carbocycles. The number of fused-ring (bicyclic) bond motifs is 1. The molecule has 4 aromatic carbocycles. The van der Waals surface area contributed by atoms with Gasteiger partial charge in [0.25, 0.3) is 5.91 Å². The van der Waals surface area contributed by atoms with Crippen LogP contribution in [-0.2, 0) is 17.6 Å². The summed E-state index contributed by atoms with van der Waals surface area (Å²) >= 11 is 0. The van der Waals surface area contributed by atoms with Gasteiger partial charge in [-0.2, -0.15) is 0 Å². The van der Waals surface area contributed by atoms with E-state index in [0.29, 0.717) is 24.2 Å². The monoisotopic (exact) mass is 446 g/mol. The largest absolute Gasteiger partial charge is 0.326 e. The molecule has 1 aliphatic rings. The molecule has 5 rings (SSSR count). The Balaban J connectivity index is 1.29. The van der Waals surface area contributed by atoms with E-state index in [0.717, 1.165) is 40.8 Å². The maximum absolute atomic E-state index is 13.1. The van der Waals surface area contributed by atoms with Crippen molar-refractivity contribution in [3.63, 3.8) is 0 Å². The summed E-state index contributed by atoms with van der Waals surface area (Å²) in [6.45, 7) is 0.673. The third-order valence-corrected chi connectivity index (χ3v) is 6.18. The molecule has 0 saturated carbocycles. The Bertz CT molecular complexity index is 1300. The molecule has 4 nitrogen and oxygen atoms in total. The van der Waals surface area contributed by atoms with Gasteiger partial charge in [-0.25, -0.2) is 0 Å². The van der Waals surface area contributed by atoms with Crippen LogP contribution in [0.2, 0.25) is 0 Å². The van der Waals surface area contributed by atoms with Gasteiger partial charge in [-0.1, -0.05) is 78.9 Å². The second-order valence-electron chi connectivity index (χ2n) is 8.56. The molecule has 0 aromatic heterocycles. The van der Waals surface area contributed by atoms with Gasteiger partial charge >= 0.3 is 0 Å². The number of carbonyl (C=O) groups excluding carboxylic acids is 2. The van der Waals surface area contributed by atoms with E-state index in [1.807, 2.05) is 95.9 Å². The van der Waals surface area contributed by atoms with Gasteiger partial charge in [0.1, 0.15) is 0 Å². The maximum atomic E-state index is 13.1. The molecule has 2 amide bonds. The number of amides is 2. The number of anilines is 2. The molecule has 0 atom stereocenters. The van der Waals surface area contributed by atoms with Crippen molar-refractivity contribution in [3.05, 3.63) is 120 Å². The summed E-state index contributed by atoms with van der Waals surface area (Å²) in [4.78, 5) is 27.7. The minimum Gasteiger partial charge on any atom is -0.326 e. The van der Waals surface area contributed by atoms with Crippen molar-refractivity contribution < 1.29 is 9.59 Å². The lowest BCUT2D eigenvalue weighted by Crippen LogP contribution is -2.35. The molecule has 1 heterocycles. The molecule has 0 saturated heterocycles. The highest BCUT2D eigenvalue weighted by molar-refractivity contribution is 6.07. The quantitative estimate of drug-likeness (QED) is 0.401. The van der Waals surface area contributed by atoms with Gasteiger partial charge in [0.05, 0.1) is 6.42 Å². The van der Waals surface area contributed by atoms with Crippen molar-refractivity contribution in [1.82, 2.24) is 0 Å². The average molecular weight is 447 g/mol. The number of nitrogens with one attached hydrogen (secondary N) is 1. The first-order chi connectivity index (χ1) is 16.7. The zero-order chi connectivity index (χ0) is 23.3. The molecule has 0 bridgehead atoms. The van der Waals surface area contributed by atoms with Crippen LogP contribution >= 0.6 is 0 Å². The summed E-state index contributed by atoms with van der Waals surface area (Å²) in [5.74, 6) is -0.0901. The van der Waals surface area contributed by atoms with Gasteiger partial charge < -0.3 is 10.2 Å². The van der Waals surface area contributed by atoms with Crippen LogP contribution in [0.25, 0.3) is 11.1 Å². The van der Waals surface area contributed by atoms with Crippen LogP contribution in [0.5, 0.6) is 0 Å². The highest BCUT2D eigenvalue weighted by Gasteiger charge is 2.24. The zero-order valence-corrected chi connectivity index (χ0v) is 18.9. The van der Waals surface area contributed by atoms with Crippen LogP contribution in [0.3, 0.4) is 0 Å². The minimum atomic E-state index is -0.0795. The fourth-order valence-electron chi connectivity index (χ4n) is 4.44. The highest BCUT2D eigenvalue weighted by Crippen LogP contribution is 2.31. The molecule has 0 fully saturated rings. The maximum Gasteiger partial charge on any atom is 0.258 e. The number of hydrogen-bond acceptors (Lipinski definition) is 2. The Labute approximate surface area is 199 Å². The van der Waals surface area contributed by atoms with Crippen LogP contribution in [-0.4, -0.2) is 18.4 Å². The summed E-state index contributed by atoms with van der Waals surface area (Å²) in [5, 5.41) is 3.01. The van der Waals surface area contributed by atoms with Crippen molar-refractivity contribution >= 4 is 23.2 Å². The first kappa shape index (κ1) is 21.7. The predicted molar refractivity (Wildman–Crippen MR) is 137 cm³/mol. The summed E-state index contributed by atoms with van der Waals surface area (Å²) in [5.41, 5.74) is 6.62. The van der Waals surface area contributed by atoms with Crippen LogP contribution in [0.1, 0.15) is 27.9 Å². The molecule has 4 heteroatoms. The van der Waals surface area contributed by atoms with Gasteiger partial charge in [-0.05, 0) is 59.4 Å². The lowest BCUT2D eigenvalue weighted by Gasteiger charge is -2.30. The SMILES string of the molecule is O=C(Cc1ccc(-c2ccccc2)cc1)Nc1ccc2c(c1)N(C(=O)c1ccccc1)CCC2. The van der Waals surface area contributed by atoms with E-state index >= 15 is 0 Å². The predicted octanol–water partition coefficient (Wildman–Crippen LogP) is 6.13. The summed E-state index contributed by atoms with van der Waals surface area (Å²) < 4.78 is 0. The second-order valence-corrected chi connectivity index (χ2v) is 8.56. The topological polar surface area (TPSA) is 49.4 Å². The molecule has 0 unspecified atom stereocenters. The smallest absolute Gasteiger partial charge is 0.258 e. The molecule has 0 spiro atoms. The van der Waals surface area contributed by atoms with Crippen molar-refractivity contribution in [1.29, 1.82) is 0 Å². The van der Waals surface area contributed by atoms with E-state index in [1.165, 1.54) is 0 Å². The van der Waals surface area contributed by atoms with Crippen molar-refractivity contribution in [2.45, 2.75) is 19.3 Å². The van der Waals surface area contributed by atoms with E-state index in [2.05, 4.69) is 17.4 Å². The molecule has 34 heavy (non-hydrogen) atoms. The molecule has 0 radical (unpaired) electrons. The Morgan fingerprint density at radius 3 is 2.18 bits per heavy atom. The first-order valence-electron chi connectivity index (χ1n) is 11.6. The second kappa shape index (κ2) is 9.75. The number of nitrogens with zero attached hydrogens (tertiary/aromatic N) is 1. The Morgan fingerprint density at radius 1 is 0.765 bits per heavy atom. The summed E-state index contributed by atoms with van der Waals surface area (Å²) in [6, 6.07) is 33.5. The fourth-order valence-corrected chi connectivity index (χ4v) is 4.44. The molecule has 1 aliphatic heterocycles. The molecule has 4 aromatic rings. The zero-order valence-electron chi connectivity index (χ0n) is 18.9. The van der Waals surface area contributed by atoms with Crippen LogP contribution < -0.4 is 10.2 Å². The summed E-state index contributed by atoms with van der Waals surface area (Å²) in [6.07, 6.45) is 2.14. The number of aryl methyl sites for hydroxylation is 1. The van der Waals surface area contributed by atoms with Crippen molar-refractivity contribution in [2.75, 3.05) is 16.8 Å².